The molecule has 0 aliphatic carbocycles. The van der Waals surface area contributed by atoms with Crippen LogP contribution in [0.3, 0.4) is 0 Å². The van der Waals surface area contributed by atoms with Crippen LogP contribution in [0.25, 0.3) is 11.1 Å². The maximum absolute atomic E-state index is 12.0. The molecule has 3 aromatic rings. The van der Waals surface area contributed by atoms with E-state index in [1.165, 1.54) is 12.1 Å². The van der Waals surface area contributed by atoms with Crippen molar-refractivity contribution in [2.24, 2.45) is 0 Å². The van der Waals surface area contributed by atoms with Crippen LogP contribution < -0.4 is 5.43 Å². The lowest BCUT2D eigenvalue weighted by atomic mass is 10.2. The molecular formula is C14H10N2O4. The van der Waals surface area contributed by atoms with Crippen molar-refractivity contribution >= 4 is 23.3 Å². The zero-order valence-corrected chi connectivity index (χ0v) is 10.2. The van der Waals surface area contributed by atoms with Gasteiger partial charge in [-0.25, -0.2) is 5.43 Å². The van der Waals surface area contributed by atoms with E-state index in [1.807, 2.05) is 0 Å². The Kier molecular flexibility index (Phi) is 2.76. The number of nitrogens with zero attached hydrogens (tertiary/aromatic N) is 1. The second-order valence-corrected chi connectivity index (χ2v) is 4.16. The van der Waals surface area contributed by atoms with Gasteiger partial charge in [0.05, 0.1) is 11.1 Å². The number of para-hydroxylation sites is 2. The molecule has 0 aliphatic heterocycles. The number of carbonyl (C=O) groups is 2. The Bertz CT molecular complexity index is 800. The number of phenolic OH excluding ortho intramolecular Hbond substituents is 1. The molecule has 1 amide bonds. The van der Waals surface area contributed by atoms with Crippen molar-refractivity contribution in [3.63, 3.8) is 0 Å². The van der Waals surface area contributed by atoms with Crippen LogP contribution in [0.15, 0.2) is 47.0 Å². The quantitative estimate of drug-likeness (QED) is 0.714. The predicted molar refractivity (Wildman–Crippen MR) is 71.4 cm³/mol. The molecule has 0 spiro atoms. The van der Waals surface area contributed by atoms with Crippen molar-refractivity contribution in [3.05, 3.63) is 53.6 Å². The first kappa shape index (κ1) is 12.0. The standard InChI is InChI=1S/C14H10N2O4/c17-8-9-4-3-6-11-13(9)20-16(11)15-14(19)10-5-1-2-7-12(10)18/h1-8,18H,(H,15,19). The normalized spacial score (nSPS) is 10.6. The number of phenols is 1. The highest BCUT2D eigenvalue weighted by atomic mass is 16.5. The molecular weight excluding hydrogens is 260 g/mol. The van der Waals surface area contributed by atoms with Crippen LogP contribution in [0.1, 0.15) is 20.7 Å². The van der Waals surface area contributed by atoms with Gasteiger partial charge in [0.1, 0.15) is 11.3 Å². The predicted octanol–water partition coefficient (Wildman–Crippen LogP) is 2.14. The van der Waals surface area contributed by atoms with Crippen molar-refractivity contribution in [1.29, 1.82) is 0 Å². The first-order valence-corrected chi connectivity index (χ1v) is 5.86. The fourth-order valence-electron chi connectivity index (χ4n) is 1.90. The van der Waals surface area contributed by atoms with Crippen LogP contribution in [0.2, 0.25) is 0 Å². The minimum absolute atomic E-state index is 0.118. The third kappa shape index (κ3) is 1.83. The molecule has 0 aliphatic rings. The number of amides is 1. The lowest BCUT2D eigenvalue weighted by molar-refractivity contribution is 0.0982. The number of fused-ring (bicyclic) bond motifs is 1. The summed E-state index contributed by atoms with van der Waals surface area (Å²) in [4.78, 5) is 23.9. The second-order valence-electron chi connectivity index (χ2n) is 4.16. The lowest BCUT2D eigenvalue weighted by Crippen LogP contribution is -2.25. The monoisotopic (exact) mass is 270 g/mol. The van der Waals surface area contributed by atoms with Gasteiger partial charge in [-0.15, -0.1) is 4.85 Å². The molecule has 2 N–H and O–H groups in total. The third-order valence-corrected chi connectivity index (χ3v) is 2.90. The van der Waals surface area contributed by atoms with E-state index >= 15 is 0 Å². The highest BCUT2D eigenvalue weighted by Gasteiger charge is 2.16. The van der Waals surface area contributed by atoms with Gasteiger partial charge in [0.15, 0.2) is 11.9 Å². The fourth-order valence-corrected chi connectivity index (χ4v) is 1.90. The van der Waals surface area contributed by atoms with E-state index in [4.69, 9.17) is 4.52 Å². The summed E-state index contributed by atoms with van der Waals surface area (Å²) < 4.78 is 5.23. The van der Waals surface area contributed by atoms with Gasteiger partial charge in [0, 0.05) is 0 Å². The maximum Gasteiger partial charge on any atom is 0.276 e. The Hall–Kier alpha value is -3.02. The minimum atomic E-state index is -0.509. The third-order valence-electron chi connectivity index (χ3n) is 2.90. The molecule has 3 rings (SSSR count). The molecule has 6 nitrogen and oxygen atoms in total. The number of benzene rings is 2. The van der Waals surface area contributed by atoms with Crippen molar-refractivity contribution in [1.82, 2.24) is 4.85 Å². The highest BCUT2D eigenvalue weighted by Crippen LogP contribution is 2.22. The topological polar surface area (TPSA) is 84.5 Å². The Balaban J connectivity index is 1.89. The summed E-state index contributed by atoms with van der Waals surface area (Å²) in [6.45, 7) is 0. The number of nitrogens with one attached hydrogen (secondary N) is 1. The molecule has 20 heavy (non-hydrogen) atoms. The second kappa shape index (κ2) is 4.58. The van der Waals surface area contributed by atoms with Gasteiger partial charge in [-0.2, -0.15) is 0 Å². The van der Waals surface area contributed by atoms with E-state index in [0.717, 1.165) is 4.85 Å². The summed E-state index contributed by atoms with van der Waals surface area (Å²) >= 11 is 0. The van der Waals surface area contributed by atoms with Crippen LogP contribution in [0.4, 0.5) is 0 Å². The largest absolute Gasteiger partial charge is 0.507 e. The van der Waals surface area contributed by atoms with Crippen LogP contribution in [0, 0.1) is 0 Å². The van der Waals surface area contributed by atoms with Crippen molar-refractivity contribution in [2.45, 2.75) is 0 Å². The number of carbonyl (C=O) groups excluding carboxylic acids is 2. The summed E-state index contributed by atoms with van der Waals surface area (Å²) in [5.41, 5.74) is 4.02. The zero-order valence-electron chi connectivity index (χ0n) is 10.2. The fraction of sp³-hybridized carbons (Fsp3) is 0. The molecule has 6 heteroatoms. The van der Waals surface area contributed by atoms with Gasteiger partial charge < -0.3 is 9.63 Å². The first-order valence-electron chi connectivity index (χ1n) is 5.86. The Morgan fingerprint density at radius 3 is 2.75 bits per heavy atom. The van der Waals surface area contributed by atoms with Gasteiger partial charge in [-0.05, 0) is 24.3 Å². The van der Waals surface area contributed by atoms with E-state index in [2.05, 4.69) is 5.43 Å². The van der Waals surface area contributed by atoms with E-state index in [-0.39, 0.29) is 11.3 Å². The van der Waals surface area contributed by atoms with Gasteiger partial charge in [-0.1, -0.05) is 18.2 Å². The number of aldehydes is 1. The van der Waals surface area contributed by atoms with Crippen LogP contribution >= 0.6 is 0 Å². The Labute approximate surface area is 113 Å². The molecule has 0 saturated heterocycles. The number of hydrogen-bond acceptors (Lipinski definition) is 4. The summed E-state index contributed by atoms with van der Waals surface area (Å²) in [7, 11) is 0. The van der Waals surface area contributed by atoms with E-state index in [1.54, 1.807) is 30.3 Å². The lowest BCUT2D eigenvalue weighted by Gasteiger charge is -2.15. The molecule has 0 atom stereocenters. The molecule has 0 saturated carbocycles. The summed E-state index contributed by atoms with van der Waals surface area (Å²) in [6.07, 6.45) is 0.682. The summed E-state index contributed by atoms with van der Waals surface area (Å²) in [6, 6.07) is 11.2. The van der Waals surface area contributed by atoms with E-state index < -0.39 is 5.91 Å². The zero-order chi connectivity index (χ0) is 14.1. The van der Waals surface area contributed by atoms with Gasteiger partial charge in [0.25, 0.3) is 5.91 Å². The van der Waals surface area contributed by atoms with Gasteiger partial charge >= 0.3 is 0 Å². The van der Waals surface area contributed by atoms with Gasteiger partial charge in [0.2, 0.25) is 0 Å². The number of hydrogen-bond donors (Lipinski definition) is 2. The van der Waals surface area contributed by atoms with Crippen LogP contribution in [0.5, 0.6) is 5.75 Å². The van der Waals surface area contributed by atoms with E-state index in [9.17, 15) is 14.7 Å². The van der Waals surface area contributed by atoms with Crippen molar-refractivity contribution in [3.8, 4) is 5.75 Å². The summed E-state index contributed by atoms with van der Waals surface area (Å²) in [5, 5.41) is 9.60. The average molecular weight is 270 g/mol. The number of rotatable bonds is 3. The molecule has 0 unspecified atom stereocenters. The van der Waals surface area contributed by atoms with Crippen LogP contribution in [-0.4, -0.2) is 22.1 Å². The van der Waals surface area contributed by atoms with Crippen molar-refractivity contribution in [2.75, 3.05) is 5.43 Å². The molecule has 100 valence electrons. The minimum Gasteiger partial charge on any atom is -0.507 e. The smallest absolute Gasteiger partial charge is 0.276 e. The molecule has 1 aromatic heterocycles. The summed E-state index contributed by atoms with van der Waals surface area (Å²) in [5.74, 6) is -0.627. The van der Waals surface area contributed by atoms with Crippen LogP contribution in [-0.2, 0) is 0 Å². The molecule has 2 aromatic carbocycles. The molecule has 0 fully saturated rings. The van der Waals surface area contributed by atoms with Gasteiger partial charge in [-0.3, -0.25) is 9.59 Å². The van der Waals surface area contributed by atoms with Crippen molar-refractivity contribution < 1.29 is 19.2 Å². The highest BCUT2D eigenvalue weighted by molar-refractivity contribution is 6.03. The number of aromatic nitrogens is 1. The molecule has 0 bridgehead atoms. The number of aromatic hydroxyl groups is 1. The molecule has 0 radical (unpaired) electrons. The van der Waals surface area contributed by atoms with E-state index in [0.29, 0.717) is 22.9 Å². The Morgan fingerprint density at radius 1 is 1.20 bits per heavy atom. The Morgan fingerprint density at radius 2 is 2.00 bits per heavy atom. The SMILES string of the molecule is O=Cc1cccc2c1on2NC(=O)c1ccccc1O. The first-order chi connectivity index (χ1) is 9.70. The average Bonchev–Trinajstić information content (AvgIpc) is 2.45. The maximum atomic E-state index is 12.0. The molecule has 1 heterocycles.